The summed E-state index contributed by atoms with van der Waals surface area (Å²) in [6, 6.07) is 4.62. The average molecular weight is 264 g/mol. The Hall–Kier alpha value is -1.75. The van der Waals surface area contributed by atoms with Gasteiger partial charge < -0.3 is 15.6 Å². The molecular weight excluding hydrogens is 244 g/mol. The SMILES string of the molecule is Nc1ccc(C(=O)O)c(OCCN2CCCCC2)c1. The van der Waals surface area contributed by atoms with Crippen LogP contribution in [0.5, 0.6) is 5.75 Å². The third-order valence-corrected chi connectivity index (χ3v) is 3.35. The average Bonchev–Trinajstić information content (AvgIpc) is 2.39. The molecule has 0 saturated carbocycles. The van der Waals surface area contributed by atoms with Crippen LogP contribution in [0.15, 0.2) is 18.2 Å². The van der Waals surface area contributed by atoms with Crippen LogP contribution in [0, 0.1) is 0 Å². The monoisotopic (exact) mass is 264 g/mol. The van der Waals surface area contributed by atoms with Crippen molar-refractivity contribution in [1.82, 2.24) is 4.90 Å². The molecule has 1 aromatic rings. The predicted octanol–water partition coefficient (Wildman–Crippen LogP) is 1.83. The van der Waals surface area contributed by atoms with Crippen LogP contribution in [0.4, 0.5) is 5.69 Å². The molecule has 0 aromatic heterocycles. The van der Waals surface area contributed by atoms with Gasteiger partial charge in [-0.2, -0.15) is 0 Å². The van der Waals surface area contributed by atoms with E-state index >= 15 is 0 Å². The Morgan fingerprint density at radius 1 is 1.32 bits per heavy atom. The second-order valence-corrected chi connectivity index (χ2v) is 4.81. The van der Waals surface area contributed by atoms with Crippen molar-refractivity contribution in [3.05, 3.63) is 23.8 Å². The lowest BCUT2D eigenvalue weighted by Gasteiger charge is -2.26. The fraction of sp³-hybridized carbons (Fsp3) is 0.500. The Balaban J connectivity index is 1.91. The molecule has 0 amide bonds. The first-order valence-electron chi connectivity index (χ1n) is 6.65. The van der Waals surface area contributed by atoms with Crippen molar-refractivity contribution >= 4 is 11.7 Å². The maximum absolute atomic E-state index is 11.1. The van der Waals surface area contributed by atoms with Gasteiger partial charge in [-0.25, -0.2) is 4.79 Å². The van der Waals surface area contributed by atoms with Gasteiger partial charge in [-0.15, -0.1) is 0 Å². The largest absolute Gasteiger partial charge is 0.491 e. The number of nitrogens with two attached hydrogens (primary N) is 1. The summed E-state index contributed by atoms with van der Waals surface area (Å²) in [7, 11) is 0. The number of carbonyl (C=O) groups is 1. The Bertz CT molecular complexity index is 442. The van der Waals surface area contributed by atoms with Crippen molar-refractivity contribution in [1.29, 1.82) is 0 Å². The van der Waals surface area contributed by atoms with Crippen LogP contribution in [0.1, 0.15) is 29.6 Å². The standard InChI is InChI=1S/C14H20N2O3/c15-11-4-5-12(14(17)18)13(10-11)19-9-8-16-6-2-1-3-7-16/h4-5,10H,1-3,6-9,15H2,(H,17,18). The predicted molar refractivity (Wildman–Crippen MR) is 73.6 cm³/mol. The molecular formula is C14H20N2O3. The third-order valence-electron chi connectivity index (χ3n) is 3.35. The quantitative estimate of drug-likeness (QED) is 0.793. The molecule has 5 nitrogen and oxygen atoms in total. The molecule has 104 valence electrons. The number of carboxylic acid groups (broad SMARTS) is 1. The molecule has 1 aromatic carbocycles. The van der Waals surface area contributed by atoms with Gasteiger partial charge in [0.25, 0.3) is 0 Å². The molecule has 1 saturated heterocycles. The van der Waals surface area contributed by atoms with Gasteiger partial charge in [0.15, 0.2) is 0 Å². The Labute approximate surface area is 113 Å². The number of likely N-dealkylation sites (tertiary alicyclic amines) is 1. The molecule has 1 heterocycles. The highest BCUT2D eigenvalue weighted by Gasteiger charge is 2.13. The van der Waals surface area contributed by atoms with Crippen molar-refractivity contribution in [2.75, 3.05) is 32.0 Å². The second-order valence-electron chi connectivity index (χ2n) is 4.81. The van der Waals surface area contributed by atoms with E-state index in [9.17, 15) is 4.79 Å². The zero-order chi connectivity index (χ0) is 13.7. The number of nitrogen functional groups attached to an aromatic ring is 1. The van der Waals surface area contributed by atoms with Gasteiger partial charge in [-0.05, 0) is 38.1 Å². The van der Waals surface area contributed by atoms with Gasteiger partial charge >= 0.3 is 5.97 Å². The molecule has 1 aliphatic rings. The van der Waals surface area contributed by atoms with E-state index in [4.69, 9.17) is 15.6 Å². The van der Waals surface area contributed by atoms with Crippen LogP contribution in [0.2, 0.25) is 0 Å². The van der Waals surface area contributed by atoms with E-state index in [2.05, 4.69) is 4.90 Å². The minimum Gasteiger partial charge on any atom is -0.491 e. The van der Waals surface area contributed by atoms with Crippen LogP contribution >= 0.6 is 0 Å². The summed E-state index contributed by atoms with van der Waals surface area (Å²) in [4.78, 5) is 13.4. The van der Waals surface area contributed by atoms with Gasteiger partial charge in [0.1, 0.15) is 17.9 Å². The molecule has 0 unspecified atom stereocenters. The number of benzene rings is 1. The fourth-order valence-electron chi connectivity index (χ4n) is 2.30. The number of hydrogen-bond donors (Lipinski definition) is 2. The fourth-order valence-corrected chi connectivity index (χ4v) is 2.30. The Morgan fingerprint density at radius 3 is 2.74 bits per heavy atom. The lowest BCUT2D eigenvalue weighted by molar-refractivity contribution is 0.0691. The molecule has 0 aliphatic carbocycles. The second kappa shape index (κ2) is 6.43. The van der Waals surface area contributed by atoms with Gasteiger partial charge in [-0.1, -0.05) is 6.42 Å². The summed E-state index contributed by atoms with van der Waals surface area (Å²) < 4.78 is 5.58. The van der Waals surface area contributed by atoms with Crippen LogP contribution in [-0.2, 0) is 0 Å². The lowest BCUT2D eigenvalue weighted by Crippen LogP contribution is -2.33. The summed E-state index contributed by atoms with van der Waals surface area (Å²) in [6.45, 7) is 3.52. The highest BCUT2D eigenvalue weighted by atomic mass is 16.5. The first kappa shape index (κ1) is 13.7. The molecule has 2 rings (SSSR count). The first-order valence-corrected chi connectivity index (χ1v) is 6.65. The summed E-state index contributed by atoms with van der Waals surface area (Å²) >= 11 is 0. The molecule has 5 heteroatoms. The maximum atomic E-state index is 11.1. The number of ether oxygens (including phenoxy) is 1. The summed E-state index contributed by atoms with van der Waals surface area (Å²) in [5, 5.41) is 9.07. The van der Waals surface area contributed by atoms with Crippen molar-refractivity contribution in [3.63, 3.8) is 0 Å². The zero-order valence-electron chi connectivity index (χ0n) is 11.0. The Kier molecular flexibility index (Phi) is 4.63. The van der Waals surface area contributed by atoms with E-state index in [1.807, 2.05) is 0 Å². The molecule has 1 fully saturated rings. The van der Waals surface area contributed by atoms with Crippen molar-refractivity contribution in [2.24, 2.45) is 0 Å². The molecule has 0 radical (unpaired) electrons. The van der Waals surface area contributed by atoms with Crippen molar-refractivity contribution in [2.45, 2.75) is 19.3 Å². The first-order chi connectivity index (χ1) is 9.16. The molecule has 1 aliphatic heterocycles. The smallest absolute Gasteiger partial charge is 0.339 e. The third kappa shape index (κ3) is 3.86. The van der Waals surface area contributed by atoms with Crippen LogP contribution in [-0.4, -0.2) is 42.2 Å². The number of piperidine rings is 1. The van der Waals surface area contributed by atoms with Crippen LogP contribution in [0.3, 0.4) is 0 Å². The summed E-state index contributed by atoms with van der Waals surface area (Å²) in [5.74, 6) is -0.641. The number of nitrogens with zero attached hydrogens (tertiary/aromatic N) is 1. The molecule has 0 atom stereocenters. The number of anilines is 1. The number of carboxylic acids is 1. The highest BCUT2D eigenvalue weighted by Crippen LogP contribution is 2.22. The molecule has 19 heavy (non-hydrogen) atoms. The highest BCUT2D eigenvalue weighted by molar-refractivity contribution is 5.91. The molecule has 0 spiro atoms. The topological polar surface area (TPSA) is 75.8 Å². The van der Waals surface area contributed by atoms with E-state index < -0.39 is 5.97 Å². The van der Waals surface area contributed by atoms with E-state index in [0.717, 1.165) is 19.6 Å². The maximum Gasteiger partial charge on any atom is 0.339 e. The minimum absolute atomic E-state index is 0.160. The van der Waals surface area contributed by atoms with E-state index in [-0.39, 0.29) is 5.56 Å². The van der Waals surface area contributed by atoms with Gasteiger partial charge in [-0.3, -0.25) is 4.90 Å². The Morgan fingerprint density at radius 2 is 2.05 bits per heavy atom. The van der Waals surface area contributed by atoms with Gasteiger partial charge in [0, 0.05) is 18.3 Å². The zero-order valence-corrected chi connectivity index (χ0v) is 11.0. The van der Waals surface area contributed by atoms with Gasteiger partial charge in [0.2, 0.25) is 0 Å². The van der Waals surface area contributed by atoms with Crippen molar-refractivity contribution in [3.8, 4) is 5.75 Å². The van der Waals surface area contributed by atoms with E-state index in [1.54, 1.807) is 12.1 Å². The number of rotatable bonds is 5. The minimum atomic E-state index is -0.993. The molecule has 3 N–H and O–H groups in total. The number of hydrogen-bond acceptors (Lipinski definition) is 4. The molecule has 0 bridgehead atoms. The normalized spacial score (nSPS) is 16.2. The number of aromatic carboxylic acids is 1. The van der Waals surface area contributed by atoms with Gasteiger partial charge in [0.05, 0.1) is 0 Å². The van der Waals surface area contributed by atoms with Crippen molar-refractivity contribution < 1.29 is 14.6 Å². The van der Waals surface area contributed by atoms with Crippen LogP contribution in [0.25, 0.3) is 0 Å². The lowest BCUT2D eigenvalue weighted by atomic mass is 10.1. The summed E-state index contributed by atoms with van der Waals surface area (Å²) in [6.07, 6.45) is 3.77. The summed E-state index contributed by atoms with van der Waals surface area (Å²) in [5.41, 5.74) is 6.33. The van der Waals surface area contributed by atoms with E-state index in [0.29, 0.717) is 18.0 Å². The van der Waals surface area contributed by atoms with E-state index in [1.165, 1.54) is 25.3 Å². The van der Waals surface area contributed by atoms with Crippen LogP contribution < -0.4 is 10.5 Å².